The maximum atomic E-state index is 11.0. The SMILES string of the molecule is NC(=O)N1CCC(c2cccc(Cl)c2)CC1. The van der Waals surface area contributed by atoms with Crippen molar-refractivity contribution in [1.82, 2.24) is 4.90 Å². The second-order valence-corrected chi connectivity index (χ2v) is 4.59. The van der Waals surface area contributed by atoms with Crippen molar-refractivity contribution in [3.05, 3.63) is 34.9 Å². The van der Waals surface area contributed by atoms with Crippen molar-refractivity contribution in [1.29, 1.82) is 0 Å². The molecule has 3 nitrogen and oxygen atoms in total. The van der Waals surface area contributed by atoms with Crippen molar-refractivity contribution in [2.75, 3.05) is 13.1 Å². The molecule has 1 fully saturated rings. The lowest BCUT2D eigenvalue weighted by Crippen LogP contribution is -2.41. The van der Waals surface area contributed by atoms with Gasteiger partial charge in [-0.15, -0.1) is 0 Å². The van der Waals surface area contributed by atoms with E-state index in [9.17, 15) is 4.79 Å². The fourth-order valence-corrected chi connectivity index (χ4v) is 2.39. The van der Waals surface area contributed by atoms with Gasteiger partial charge in [0.25, 0.3) is 0 Å². The number of likely N-dealkylation sites (tertiary alicyclic amines) is 1. The standard InChI is InChI=1S/C12H15ClN2O/c13-11-3-1-2-10(8-11)9-4-6-15(7-5-9)12(14)16/h1-3,8-9H,4-7H2,(H2,14,16). The van der Waals surface area contributed by atoms with Crippen LogP contribution < -0.4 is 5.73 Å². The fraction of sp³-hybridized carbons (Fsp3) is 0.417. The summed E-state index contributed by atoms with van der Waals surface area (Å²) in [6.07, 6.45) is 1.92. The number of carbonyl (C=O) groups is 1. The highest BCUT2D eigenvalue weighted by molar-refractivity contribution is 6.30. The van der Waals surface area contributed by atoms with E-state index in [1.807, 2.05) is 18.2 Å². The summed E-state index contributed by atoms with van der Waals surface area (Å²) in [6, 6.07) is 7.63. The summed E-state index contributed by atoms with van der Waals surface area (Å²) in [4.78, 5) is 12.7. The summed E-state index contributed by atoms with van der Waals surface area (Å²) in [5.74, 6) is 0.495. The molecule has 1 saturated heterocycles. The van der Waals surface area contributed by atoms with Crippen LogP contribution in [-0.4, -0.2) is 24.0 Å². The number of halogens is 1. The fourth-order valence-electron chi connectivity index (χ4n) is 2.19. The third-order valence-electron chi connectivity index (χ3n) is 3.13. The number of primary amides is 1. The van der Waals surface area contributed by atoms with Gasteiger partial charge in [0, 0.05) is 18.1 Å². The van der Waals surface area contributed by atoms with Crippen molar-refractivity contribution in [3.8, 4) is 0 Å². The van der Waals surface area contributed by atoms with Gasteiger partial charge in [-0.05, 0) is 36.5 Å². The molecule has 0 bridgehead atoms. The molecule has 16 heavy (non-hydrogen) atoms. The molecule has 2 amide bonds. The minimum Gasteiger partial charge on any atom is -0.351 e. The minimum absolute atomic E-state index is 0.315. The molecule has 1 aliphatic rings. The Morgan fingerprint density at radius 1 is 1.38 bits per heavy atom. The molecular weight excluding hydrogens is 224 g/mol. The Balaban J connectivity index is 2.01. The monoisotopic (exact) mass is 238 g/mol. The lowest BCUT2D eigenvalue weighted by Gasteiger charge is -2.31. The Morgan fingerprint density at radius 3 is 2.62 bits per heavy atom. The van der Waals surface area contributed by atoms with Crippen LogP contribution in [0.2, 0.25) is 5.02 Å². The van der Waals surface area contributed by atoms with Gasteiger partial charge in [0.1, 0.15) is 0 Å². The molecule has 0 aromatic heterocycles. The van der Waals surface area contributed by atoms with Crippen LogP contribution in [0.1, 0.15) is 24.3 Å². The molecule has 0 spiro atoms. The Bertz CT molecular complexity index is 386. The number of amides is 2. The molecule has 2 rings (SSSR count). The van der Waals surface area contributed by atoms with Crippen LogP contribution in [0, 0.1) is 0 Å². The molecule has 1 aliphatic heterocycles. The molecule has 0 saturated carbocycles. The second kappa shape index (κ2) is 4.74. The summed E-state index contributed by atoms with van der Waals surface area (Å²) >= 11 is 5.96. The lowest BCUT2D eigenvalue weighted by molar-refractivity contribution is 0.190. The third kappa shape index (κ3) is 2.47. The maximum absolute atomic E-state index is 11.0. The zero-order valence-corrected chi connectivity index (χ0v) is 9.78. The van der Waals surface area contributed by atoms with Gasteiger partial charge in [0.15, 0.2) is 0 Å². The van der Waals surface area contributed by atoms with Crippen molar-refractivity contribution >= 4 is 17.6 Å². The molecule has 1 heterocycles. The molecule has 86 valence electrons. The summed E-state index contributed by atoms with van der Waals surface area (Å²) in [7, 11) is 0. The van der Waals surface area contributed by atoms with Crippen molar-refractivity contribution in [2.24, 2.45) is 5.73 Å². The number of hydrogen-bond acceptors (Lipinski definition) is 1. The van der Waals surface area contributed by atoms with Crippen LogP contribution in [0.3, 0.4) is 0 Å². The van der Waals surface area contributed by atoms with Crippen molar-refractivity contribution in [2.45, 2.75) is 18.8 Å². The quantitative estimate of drug-likeness (QED) is 0.803. The summed E-state index contributed by atoms with van der Waals surface area (Å²) < 4.78 is 0. The lowest BCUT2D eigenvalue weighted by atomic mass is 9.90. The van der Waals surface area contributed by atoms with Gasteiger partial charge >= 0.3 is 6.03 Å². The normalized spacial score (nSPS) is 17.4. The molecule has 0 radical (unpaired) electrons. The van der Waals surface area contributed by atoms with Gasteiger partial charge in [-0.25, -0.2) is 4.79 Å². The van der Waals surface area contributed by atoms with Gasteiger partial charge < -0.3 is 10.6 Å². The largest absolute Gasteiger partial charge is 0.351 e. The molecule has 4 heteroatoms. The number of hydrogen-bond donors (Lipinski definition) is 1. The molecule has 2 N–H and O–H groups in total. The first-order valence-electron chi connectivity index (χ1n) is 5.46. The molecule has 1 aromatic carbocycles. The topological polar surface area (TPSA) is 46.3 Å². The number of urea groups is 1. The highest BCUT2D eigenvalue weighted by Gasteiger charge is 2.22. The summed E-state index contributed by atoms with van der Waals surface area (Å²) in [6.45, 7) is 1.49. The van der Waals surface area contributed by atoms with Crippen LogP contribution in [0.25, 0.3) is 0 Å². The second-order valence-electron chi connectivity index (χ2n) is 4.15. The number of nitrogens with zero attached hydrogens (tertiary/aromatic N) is 1. The number of nitrogens with two attached hydrogens (primary N) is 1. The highest BCUT2D eigenvalue weighted by atomic mass is 35.5. The number of carbonyl (C=O) groups excluding carboxylic acids is 1. The third-order valence-corrected chi connectivity index (χ3v) is 3.36. The zero-order valence-electron chi connectivity index (χ0n) is 9.03. The average molecular weight is 239 g/mol. The summed E-state index contributed by atoms with van der Waals surface area (Å²) in [5, 5.41) is 0.773. The van der Waals surface area contributed by atoms with Crippen LogP contribution in [0.15, 0.2) is 24.3 Å². The zero-order chi connectivity index (χ0) is 11.5. The van der Waals surface area contributed by atoms with E-state index in [1.54, 1.807) is 4.90 Å². The Kier molecular flexibility index (Phi) is 3.34. The van der Waals surface area contributed by atoms with Crippen LogP contribution in [-0.2, 0) is 0 Å². The van der Waals surface area contributed by atoms with Crippen LogP contribution in [0.4, 0.5) is 4.79 Å². The summed E-state index contributed by atoms with van der Waals surface area (Å²) in [5.41, 5.74) is 6.50. The number of piperidine rings is 1. The van der Waals surface area contributed by atoms with Crippen LogP contribution >= 0.6 is 11.6 Å². The first-order chi connectivity index (χ1) is 7.66. The first-order valence-corrected chi connectivity index (χ1v) is 5.84. The van der Waals surface area contributed by atoms with E-state index in [0.29, 0.717) is 5.92 Å². The Morgan fingerprint density at radius 2 is 2.06 bits per heavy atom. The Labute approximate surface area is 100 Å². The predicted molar refractivity (Wildman–Crippen MR) is 64.6 cm³/mol. The molecule has 0 unspecified atom stereocenters. The van der Waals surface area contributed by atoms with Gasteiger partial charge in [-0.3, -0.25) is 0 Å². The maximum Gasteiger partial charge on any atom is 0.314 e. The highest BCUT2D eigenvalue weighted by Crippen LogP contribution is 2.29. The predicted octanol–water partition coefficient (Wildman–Crippen LogP) is 2.60. The smallest absolute Gasteiger partial charge is 0.314 e. The van der Waals surface area contributed by atoms with E-state index < -0.39 is 0 Å². The molecular formula is C12H15ClN2O. The van der Waals surface area contributed by atoms with Gasteiger partial charge in [0.2, 0.25) is 0 Å². The number of rotatable bonds is 1. The molecule has 1 aromatic rings. The van der Waals surface area contributed by atoms with E-state index in [-0.39, 0.29) is 6.03 Å². The van der Waals surface area contributed by atoms with Crippen molar-refractivity contribution in [3.63, 3.8) is 0 Å². The van der Waals surface area contributed by atoms with Gasteiger partial charge in [-0.2, -0.15) is 0 Å². The Hall–Kier alpha value is -1.22. The molecule has 0 aliphatic carbocycles. The van der Waals surface area contributed by atoms with E-state index in [2.05, 4.69) is 6.07 Å². The van der Waals surface area contributed by atoms with Gasteiger partial charge in [-0.1, -0.05) is 23.7 Å². The first kappa shape index (κ1) is 11.3. The average Bonchev–Trinajstić information content (AvgIpc) is 2.29. The van der Waals surface area contributed by atoms with Crippen LogP contribution in [0.5, 0.6) is 0 Å². The minimum atomic E-state index is -0.315. The van der Waals surface area contributed by atoms with E-state index in [1.165, 1.54) is 5.56 Å². The molecule has 0 atom stereocenters. The van der Waals surface area contributed by atoms with E-state index in [0.717, 1.165) is 31.0 Å². The van der Waals surface area contributed by atoms with E-state index >= 15 is 0 Å². The van der Waals surface area contributed by atoms with Gasteiger partial charge in [0.05, 0.1) is 0 Å². The van der Waals surface area contributed by atoms with E-state index in [4.69, 9.17) is 17.3 Å². The van der Waals surface area contributed by atoms with Crippen molar-refractivity contribution < 1.29 is 4.79 Å². The number of benzene rings is 1.